The summed E-state index contributed by atoms with van der Waals surface area (Å²) in [5.41, 5.74) is 6.07. The zero-order valence-electron chi connectivity index (χ0n) is 25.3. The molecule has 2 heterocycles. The molecule has 12 heteroatoms. The number of carbonyl (C=O) groups excluding carboxylic acids is 2. The summed E-state index contributed by atoms with van der Waals surface area (Å²) in [6.07, 6.45) is -6.05. The predicted molar refractivity (Wildman–Crippen MR) is 164 cm³/mol. The summed E-state index contributed by atoms with van der Waals surface area (Å²) in [4.78, 5) is 37.7. The van der Waals surface area contributed by atoms with Crippen molar-refractivity contribution in [1.29, 1.82) is 0 Å². The molecule has 5 N–H and O–H groups in total. The Hall–Kier alpha value is -4.91. The second-order valence-corrected chi connectivity index (χ2v) is 11.3. The molecule has 0 bridgehead atoms. The highest BCUT2D eigenvalue weighted by Crippen LogP contribution is 2.38. The van der Waals surface area contributed by atoms with E-state index in [1.54, 1.807) is 39.0 Å². The first-order valence-corrected chi connectivity index (χ1v) is 14.1. The molecule has 12 nitrogen and oxygen atoms in total. The number of aliphatic hydroxyl groups excluding tert-OH is 1. The van der Waals surface area contributed by atoms with E-state index in [0.717, 1.165) is 16.7 Å². The Labute approximate surface area is 258 Å². The lowest BCUT2D eigenvalue weighted by molar-refractivity contribution is -0.304. The molecule has 45 heavy (non-hydrogen) atoms. The van der Waals surface area contributed by atoms with Gasteiger partial charge in [-0.3, -0.25) is 4.79 Å². The van der Waals surface area contributed by atoms with Crippen LogP contribution in [0.1, 0.15) is 35.3 Å². The maximum absolute atomic E-state index is 13.2. The van der Waals surface area contributed by atoms with Crippen LogP contribution in [0.25, 0.3) is 22.1 Å². The van der Waals surface area contributed by atoms with Gasteiger partial charge in [-0.15, -0.1) is 0 Å². The third kappa shape index (κ3) is 6.21. The van der Waals surface area contributed by atoms with Gasteiger partial charge < -0.3 is 44.6 Å². The van der Waals surface area contributed by atoms with E-state index >= 15 is 0 Å². The van der Waals surface area contributed by atoms with Gasteiger partial charge in [0.2, 0.25) is 6.29 Å². The van der Waals surface area contributed by atoms with Crippen molar-refractivity contribution in [3.63, 3.8) is 0 Å². The van der Waals surface area contributed by atoms with Crippen LogP contribution in [0.2, 0.25) is 0 Å². The van der Waals surface area contributed by atoms with E-state index in [9.17, 15) is 24.6 Å². The van der Waals surface area contributed by atoms with Crippen molar-refractivity contribution in [2.75, 3.05) is 12.4 Å². The monoisotopic (exact) mass is 618 g/mol. The van der Waals surface area contributed by atoms with Gasteiger partial charge in [0.05, 0.1) is 11.0 Å². The molecule has 0 spiro atoms. The lowest BCUT2D eigenvalue weighted by Gasteiger charge is -2.47. The van der Waals surface area contributed by atoms with Gasteiger partial charge >= 0.3 is 11.7 Å². The predicted octanol–water partition coefficient (Wildman–Crippen LogP) is 4.39. The van der Waals surface area contributed by atoms with Crippen molar-refractivity contribution in [2.45, 2.75) is 57.9 Å². The summed E-state index contributed by atoms with van der Waals surface area (Å²) in [5.74, 6) is -0.966. The molecule has 1 fully saturated rings. The minimum Gasteiger partial charge on any atom is -0.505 e. The van der Waals surface area contributed by atoms with Crippen molar-refractivity contribution in [3.8, 4) is 22.6 Å². The summed E-state index contributed by atoms with van der Waals surface area (Å²) in [6.45, 7) is 6.88. The Kier molecular flexibility index (Phi) is 8.57. The van der Waals surface area contributed by atoms with Gasteiger partial charge in [-0.2, -0.15) is 0 Å². The number of ether oxygens (including phenoxy) is 4. The molecule has 0 aliphatic carbocycles. The number of nitrogens with two attached hydrogens (primary N) is 1. The highest BCUT2D eigenvalue weighted by Gasteiger charge is 2.53. The van der Waals surface area contributed by atoms with Gasteiger partial charge in [-0.25, -0.2) is 9.59 Å². The second-order valence-electron chi connectivity index (χ2n) is 11.3. The second kappa shape index (κ2) is 12.2. The van der Waals surface area contributed by atoms with Crippen molar-refractivity contribution in [1.82, 2.24) is 0 Å². The van der Waals surface area contributed by atoms with Gasteiger partial charge in [-0.1, -0.05) is 42.0 Å². The number of anilines is 1. The van der Waals surface area contributed by atoms with Gasteiger partial charge in [0, 0.05) is 18.2 Å². The van der Waals surface area contributed by atoms with Crippen LogP contribution in [0.5, 0.6) is 11.5 Å². The largest absolute Gasteiger partial charge is 0.505 e. The fourth-order valence-electron chi connectivity index (χ4n) is 5.52. The number of fused-ring (bicyclic) bond motifs is 1. The fraction of sp³-hybridized carbons (Fsp3) is 0.303. The van der Waals surface area contributed by atoms with Crippen LogP contribution in [-0.4, -0.2) is 59.5 Å². The summed E-state index contributed by atoms with van der Waals surface area (Å²) >= 11 is 0. The first kappa shape index (κ1) is 31.5. The number of aromatic hydroxyl groups is 1. The summed E-state index contributed by atoms with van der Waals surface area (Å²) < 4.78 is 28.0. The molecule has 2 amide bonds. The first-order valence-electron chi connectivity index (χ1n) is 14.1. The summed E-state index contributed by atoms with van der Waals surface area (Å²) in [7, 11) is 1.38. The number of methoxy groups -OCH3 is 1. The van der Waals surface area contributed by atoms with E-state index in [1.807, 2.05) is 37.3 Å². The van der Waals surface area contributed by atoms with E-state index in [0.29, 0.717) is 5.56 Å². The lowest BCUT2D eigenvalue weighted by atomic mass is 9.89. The molecule has 5 rings (SSSR count). The number of hydrogen-bond donors (Lipinski definition) is 4. The number of benzene rings is 3. The fourth-order valence-corrected chi connectivity index (χ4v) is 5.52. The van der Waals surface area contributed by atoms with Crippen LogP contribution in [0.4, 0.5) is 10.5 Å². The van der Waals surface area contributed by atoms with Gasteiger partial charge in [0.25, 0.3) is 5.91 Å². The molecule has 4 atom stereocenters. The average Bonchev–Trinajstić information content (AvgIpc) is 2.99. The normalized spacial score (nSPS) is 20.8. The SMILES string of the molecule is CO[C@@H]1[C@@H](OC(N)=O)[C@@H](O)[C@H](Oc2ccc3c(O)c(NC(=O)c4cccc(-c5cccc(C)c5)c4)c(=O)oc3c2C)OC1(C)C. The molecule has 3 aromatic carbocycles. The molecule has 1 aliphatic rings. The van der Waals surface area contributed by atoms with E-state index in [-0.39, 0.29) is 22.3 Å². The molecule has 4 aromatic rings. The quantitative estimate of drug-likeness (QED) is 0.217. The summed E-state index contributed by atoms with van der Waals surface area (Å²) in [5, 5.41) is 24.6. The molecule has 1 aliphatic heterocycles. The van der Waals surface area contributed by atoms with E-state index in [2.05, 4.69) is 5.32 Å². The van der Waals surface area contributed by atoms with Crippen LogP contribution in [-0.2, 0) is 14.2 Å². The molecule has 1 aromatic heterocycles. The molecular weight excluding hydrogens is 584 g/mol. The maximum Gasteiger partial charge on any atom is 0.404 e. The Morgan fingerprint density at radius 1 is 1.02 bits per heavy atom. The Bertz CT molecular complexity index is 1830. The van der Waals surface area contributed by atoms with Gasteiger partial charge in [0.15, 0.2) is 23.6 Å². The van der Waals surface area contributed by atoms with Crippen molar-refractivity contribution >= 4 is 28.7 Å². The summed E-state index contributed by atoms with van der Waals surface area (Å²) in [6, 6.07) is 17.6. The zero-order valence-corrected chi connectivity index (χ0v) is 25.3. The highest BCUT2D eigenvalue weighted by atomic mass is 16.7. The van der Waals surface area contributed by atoms with Crippen LogP contribution in [0.15, 0.2) is 69.9 Å². The minimum absolute atomic E-state index is 0.0151. The number of hydrogen-bond acceptors (Lipinski definition) is 10. The zero-order chi connectivity index (χ0) is 32.6. The Morgan fingerprint density at radius 2 is 1.71 bits per heavy atom. The van der Waals surface area contributed by atoms with Crippen LogP contribution in [0.3, 0.4) is 0 Å². The number of primary amides is 1. The number of aryl methyl sites for hydroxylation is 2. The van der Waals surface area contributed by atoms with E-state index < -0.39 is 59.3 Å². The van der Waals surface area contributed by atoms with Gasteiger partial charge in [0.1, 0.15) is 17.4 Å². The number of carbonyl (C=O) groups is 2. The number of rotatable bonds is 7. The van der Waals surface area contributed by atoms with Crippen molar-refractivity contribution in [3.05, 3.63) is 87.8 Å². The van der Waals surface area contributed by atoms with E-state index in [1.165, 1.54) is 19.2 Å². The minimum atomic E-state index is -1.51. The average molecular weight is 619 g/mol. The smallest absolute Gasteiger partial charge is 0.404 e. The van der Waals surface area contributed by atoms with Crippen molar-refractivity contribution in [2.24, 2.45) is 5.73 Å². The highest BCUT2D eigenvalue weighted by molar-refractivity contribution is 6.07. The van der Waals surface area contributed by atoms with Crippen LogP contribution >= 0.6 is 0 Å². The number of nitrogens with one attached hydrogen (secondary N) is 1. The number of aliphatic hydroxyl groups is 1. The Morgan fingerprint density at radius 3 is 2.38 bits per heavy atom. The molecule has 1 saturated heterocycles. The first-order chi connectivity index (χ1) is 21.3. The third-order valence-corrected chi connectivity index (χ3v) is 7.73. The molecule has 236 valence electrons. The third-order valence-electron chi connectivity index (χ3n) is 7.73. The molecular formula is C33H34N2O10. The Balaban J connectivity index is 1.42. The van der Waals surface area contributed by atoms with Gasteiger partial charge in [-0.05, 0) is 63.1 Å². The van der Waals surface area contributed by atoms with Crippen LogP contribution in [0, 0.1) is 13.8 Å². The van der Waals surface area contributed by atoms with Crippen LogP contribution < -0.4 is 21.4 Å². The standard InChI is InChI=1S/C33H34N2O10/c1-16-8-6-9-18(14-16)19-10-7-11-20(15-19)29(38)35-23-24(36)21-12-13-22(17(2)26(21)43-30(23)39)42-31-25(37)27(44-32(34)40)28(41-5)33(3,4)45-31/h6-15,25,27-28,31,36-37H,1-5H3,(H2,34,40)(H,35,38)/t25-,27+,28-,31-/m1/s1. The lowest BCUT2D eigenvalue weighted by Crippen LogP contribution is -2.65. The molecule has 0 unspecified atom stereocenters. The molecule has 0 saturated carbocycles. The van der Waals surface area contributed by atoms with E-state index in [4.69, 9.17) is 29.1 Å². The maximum atomic E-state index is 13.2. The number of amides is 2. The molecule has 0 radical (unpaired) electrons. The topological polar surface area (TPSA) is 180 Å². The van der Waals surface area contributed by atoms with Crippen molar-refractivity contribution < 1.29 is 43.2 Å².